The Hall–Kier alpha value is -2.09. The van der Waals surface area contributed by atoms with E-state index in [2.05, 4.69) is 12.1 Å². The molecular formula is C19H20O2. The van der Waals surface area contributed by atoms with Crippen LogP contribution < -0.4 is 4.74 Å². The average Bonchev–Trinajstić information content (AvgIpc) is 2.54. The predicted molar refractivity (Wildman–Crippen MR) is 84.2 cm³/mol. The van der Waals surface area contributed by atoms with Gasteiger partial charge in [-0.1, -0.05) is 25.1 Å². The zero-order valence-electron chi connectivity index (χ0n) is 12.4. The highest BCUT2D eigenvalue weighted by atomic mass is 16.5. The lowest BCUT2D eigenvalue weighted by Gasteiger charge is -2.16. The number of ether oxygens (including phenoxy) is 1. The summed E-state index contributed by atoms with van der Waals surface area (Å²) in [4.78, 5) is 11.8. The maximum absolute atomic E-state index is 11.8. The minimum absolute atomic E-state index is 0.144. The summed E-state index contributed by atoms with van der Waals surface area (Å²) in [6.07, 6.45) is 5.38. The number of hydrogen-bond acceptors (Lipinski definition) is 2. The Labute approximate surface area is 125 Å². The van der Waals surface area contributed by atoms with Crippen LogP contribution in [0.4, 0.5) is 0 Å². The third kappa shape index (κ3) is 3.15. The Morgan fingerprint density at radius 1 is 1.00 bits per heavy atom. The number of carbonyl (C=O) groups excluding carboxylic acids is 1. The van der Waals surface area contributed by atoms with E-state index in [0.717, 1.165) is 17.9 Å². The molecular weight excluding hydrogens is 260 g/mol. The van der Waals surface area contributed by atoms with Crippen molar-refractivity contribution in [2.75, 3.05) is 0 Å². The van der Waals surface area contributed by atoms with E-state index in [1.807, 2.05) is 37.3 Å². The summed E-state index contributed by atoms with van der Waals surface area (Å²) in [5.74, 6) is 1.73. The molecule has 0 radical (unpaired) electrons. The second-order valence-electron chi connectivity index (χ2n) is 5.54. The molecule has 0 unspecified atom stereocenters. The number of ketones is 1. The van der Waals surface area contributed by atoms with Crippen LogP contribution in [0.3, 0.4) is 0 Å². The van der Waals surface area contributed by atoms with E-state index >= 15 is 0 Å². The van der Waals surface area contributed by atoms with Crippen molar-refractivity contribution in [1.29, 1.82) is 0 Å². The molecule has 0 saturated heterocycles. The van der Waals surface area contributed by atoms with Crippen molar-refractivity contribution in [1.82, 2.24) is 0 Å². The molecule has 0 aromatic heterocycles. The molecule has 0 saturated carbocycles. The average molecular weight is 280 g/mol. The summed E-state index contributed by atoms with van der Waals surface area (Å²) in [5, 5.41) is 0. The topological polar surface area (TPSA) is 26.3 Å². The molecule has 108 valence electrons. The van der Waals surface area contributed by atoms with Gasteiger partial charge in [0.15, 0.2) is 5.78 Å². The summed E-state index contributed by atoms with van der Waals surface area (Å²) in [6.45, 7) is 1.87. The number of hydrogen-bond donors (Lipinski definition) is 0. The Kier molecular flexibility index (Phi) is 4.05. The second-order valence-corrected chi connectivity index (χ2v) is 5.54. The monoisotopic (exact) mass is 280 g/mol. The van der Waals surface area contributed by atoms with Gasteiger partial charge in [-0.3, -0.25) is 4.79 Å². The highest BCUT2D eigenvalue weighted by Gasteiger charge is 2.11. The molecule has 21 heavy (non-hydrogen) atoms. The van der Waals surface area contributed by atoms with Gasteiger partial charge in [-0.2, -0.15) is 0 Å². The normalized spacial score (nSPS) is 13.6. The van der Waals surface area contributed by atoms with Gasteiger partial charge in [0.25, 0.3) is 0 Å². The van der Waals surface area contributed by atoms with Gasteiger partial charge in [0.1, 0.15) is 11.5 Å². The lowest BCUT2D eigenvalue weighted by Crippen LogP contribution is -2.02. The van der Waals surface area contributed by atoms with Gasteiger partial charge in [0.2, 0.25) is 0 Å². The fourth-order valence-electron chi connectivity index (χ4n) is 2.85. The fraction of sp³-hybridized carbons (Fsp3) is 0.316. The molecule has 0 N–H and O–H groups in total. The largest absolute Gasteiger partial charge is 0.457 e. The van der Waals surface area contributed by atoms with E-state index < -0.39 is 0 Å². The number of Topliss-reactive ketones (excluding diaryl/α,β-unsaturated/α-hetero) is 1. The van der Waals surface area contributed by atoms with Gasteiger partial charge in [0, 0.05) is 12.0 Å². The molecule has 0 aliphatic heterocycles. The minimum Gasteiger partial charge on any atom is -0.457 e. The fourth-order valence-corrected chi connectivity index (χ4v) is 2.85. The number of benzene rings is 2. The lowest BCUT2D eigenvalue weighted by molar-refractivity contribution is 0.0988. The van der Waals surface area contributed by atoms with Crippen LogP contribution in [0.15, 0.2) is 42.5 Å². The third-order valence-electron chi connectivity index (χ3n) is 4.03. The van der Waals surface area contributed by atoms with Crippen LogP contribution in [0.5, 0.6) is 11.5 Å². The standard InChI is InChI=1S/C19H20O2/c1-2-19(20)16-8-5-9-17(13-16)21-18-11-10-14-6-3-4-7-15(14)12-18/h5,8-13H,2-4,6-7H2,1H3. The maximum Gasteiger partial charge on any atom is 0.162 e. The summed E-state index contributed by atoms with van der Waals surface area (Å²) in [6, 6.07) is 13.8. The highest BCUT2D eigenvalue weighted by molar-refractivity contribution is 5.96. The van der Waals surface area contributed by atoms with Gasteiger partial charge in [-0.25, -0.2) is 0 Å². The molecule has 0 spiro atoms. The van der Waals surface area contributed by atoms with Gasteiger partial charge in [-0.15, -0.1) is 0 Å². The first kappa shape index (κ1) is 13.9. The van der Waals surface area contributed by atoms with Gasteiger partial charge in [-0.05, 0) is 61.1 Å². The van der Waals surface area contributed by atoms with Gasteiger partial charge < -0.3 is 4.74 Å². The smallest absolute Gasteiger partial charge is 0.162 e. The lowest BCUT2D eigenvalue weighted by atomic mass is 9.92. The van der Waals surface area contributed by atoms with Crippen LogP contribution in [0.1, 0.15) is 47.7 Å². The maximum atomic E-state index is 11.8. The molecule has 2 nitrogen and oxygen atoms in total. The number of rotatable bonds is 4. The van der Waals surface area contributed by atoms with E-state index in [0.29, 0.717) is 12.0 Å². The molecule has 1 aliphatic carbocycles. The first-order valence-electron chi connectivity index (χ1n) is 7.69. The molecule has 3 rings (SSSR count). The first-order valence-corrected chi connectivity index (χ1v) is 7.69. The van der Waals surface area contributed by atoms with Crippen molar-refractivity contribution in [3.05, 3.63) is 59.2 Å². The third-order valence-corrected chi connectivity index (χ3v) is 4.03. The van der Waals surface area contributed by atoms with Crippen molar-refractivity contribution >= 4 is 5.78 Å². The number of carbonyl (C=O) groups is 1. The Morgan fingerprint density at radius 3 is 2.57 bits per heavy atom. The highest BCUT2D eigenvalue weighted by Crippen LogP contribution is 2.28. The quantitative estimate of drug-likeness (QED) is 0.741. The SMILES string of the molecule is CCC(=O)c1cccc(Oc2ccc3c(c2)CCCC3)c1. The van der Waals surface area contributed by atoms with E-state index in [1.54, 1.807) is 0 Å². The van der Waals surface area contributed by atoms with Crippen molar-refractivity contribution in [2.24, 2.45) is 0 Å². The number of aryl methyl sites for hydroxylation is 2. The Balaban J connectivity index is 1.82. The van der Waals surface area contributed by atoms with Crippen LogP contribution in [-0.4, -0.2) is 5.78 Å². The van der Waals surface area contributed by atoms with Crippen LogP contribution >= 0.6 is 0 Å². The summed E-state index contributed by atoms with van der Waals surface area (Å²) >= 11 is 0. The zero-order chi connectivity index (χ0) is 14.7. The van der Waals surface area contributed by atoms with Crippen LogP contribution in [0.2, 0.25) is 0 Å². The summed E-state index contributed by atoms with van der Waals surface area (Å²) in [7, 11) is 0. The molecule has 1 aliphatic rings. The summed E-state index contributed by atoms with van der Waals surface area (Å²) < 4.78 is 5.93. The zero-order valence-corrected chi connectivity index (χ0v) is 12.4. The van der Waals surface area contributed by atoms with Gasteiger partial charge >= 0.3 is 0 Å². The molecule has 0 fully saturated rings. The van der Waals surface area contributed by atoms with Crippen molar-refractivity contribution in [3.63, 3.8) is 0 Å². The molecule has 0 heterocycles. The van der Waals surface area contributed by atoms with Crippen molar-refractivity contribution < 1.29 is 9.53 Å². The van der Waals surface area contributed by atoms with E-state index in [-0.39, 0.29) is 5.78 Å². The van der Waals surface area contributed by atoms with Crippen LogP contribution in [0, 0.1) is 0 Å². The number of fused-ring (bicyclic) bond motifs is 1. The molecule has 0 amide bonds. The molecule has 2 heteroatoms. The van der Waals surface area contributed by atoms with Crippen molar-refractivity contribution in [2.45, 2.75) is 39.0 Å². The Morgan fingerprint density at radius 2 is 1.76 bits per heavy atom. The predicted octanol–water partition coefficient (Wildman–Crippen LogP) is 4.95. The first-order chi connectivity index (χ1) is 10.3. The molecule has 0 bridgehead atoms. The second kappa shape index (κ2) is 6.13. The Bertz CT molecular complexity index is 658. The minimum atomic E-state index is 0.144. The van der Waals surface area contributed by atoms with E-state index in [4.69, 9.17) is 4.74 Å². The summed E-state index contributed by atoms with van der Waals surface area (Å²) in [5.41, 5.74) is 3.57. The molecule has 2 aromatic carbocycles. The van der Waals surface area contributed by atoms with Crippen molar-refractivity contribution in [3.8, 4) is 11.5 Å². The van der Waals surface area contributed by atoms with E-state index in [9.17, 15) is 4.79 Å². The van der Waals surface area contributed by atoms with Crippen LogP contribution in [-0.2, 0) is 12.8 Å². The molecule has 0 atom stereocenters. The van der Waals surface area contributed by atoms with E-state index in [1.165, 1.54) is 30.4 Å². The molecule has 2 aromatic rings. The van der Waals surface area contributed by atoms with Crippen LogP contribution in [0.25, 0.3) is 0 Å². The van der Waals surface area contributed by atoms with Gasteiger partial charge in [0.05, 0.1) is 0 Å².